The van der Waals surface area contributed by atoms with Crippen molar-refractivity contribution in [2.24, 2.45) is 5.92 Å². The maximum Gasteiger partial charge on any atom is 0.416 e. The first-order valence-electron chi connectivity index (χ1n) is 8.12. The molecular weight excluding hydrogens is 356 g/mol. The Morgan fingerprint density at radius 1 is 1.23 bits per heavy atom. The maximum atomic E-state index is 13.4. The molecule has 9 heteroatoms. The molecule has 0 unspecified atom stereocenters. The van der Waals surface area contributed by atoms with Crippen LogP contribution in [-0.4, -0.2) is 43.5 Å². The summed E-state index contributed by atoms with van der Waals surface area (Å²) in [5.41, 5.74) is -1.05. The summed E-state index contributed by atoms with van der Waals surface area (Å²) in [4.78, 5) is 25.5. The first kappa shape index (κ1) is 20.2. The number of amides is 2. The summed E-state index contributed by atoms with van der Waals surface area (Å²) in [5, 5.41) is 2.54. The molecule has 1 aliphatic rings. The first-order valence-corrected chi connectivity index (χ1v) is 8.12. The average molecular weight is 376 g/mol. The molecule has 5 nitrogen and oxygen atoms in total. The number of alkyl halides is 3. The lowest BCUT2D eigenvalue weighted by Gasteiger charge is -2.31. The van der Waals surface area contributed by atoms with Crippen molar-refractivity contribution in [3.8, 4) is 0 Å². The molecule has 0 aliphatic carbocycles. The fourth-order valence-corrected chi connectivity index (χ4v) is 2.86. The molecule has 1 aromatic carbocycles. The first-order chi connectivity index (χ1) is 12.2. The average Bonchev–Trinajstić information content (AvgIpc) is 2.59. The number of likely N-dealkylation sites (tertiary alicyclic amines) is 1. The van der Waals surface area contributed by atoms with E-state index in [1.165, 1.54) is 7.11 Å². The number of carbonyl (C=O) groups excluding carboxylic acids is 2. The molecule has 0 aromatic heterocycles. The van der Waals surface area contributed by atoms with Crippen LogP contribution in [0.2, 0.25) is 0 Å². The Morgan fingerprint density at radius 3 is 2.46 bits per heavy atom. The van der Waals surface area contributed by atoms with Gasteiger partial charge in [-0.1, -0.05) is 0 Å². The van der Waals surface area contributed by atoms with E-state index in [4.69, 9.17) is 4.74 Å². The standard InChI is InChI=1S/C17H20F4N2O3/c1-26-10-15(24)23-4-2-12(3-5-23)16(25)22-9-11-6-13(17(19,20)21)8-14(18)7-11/h6-8,12H,2-5,9-10H2,1H3,(H,22,25). The number of benzene rings is 1. The number of hydrogen-bond donors (Lipinski definition) is 1. The number of hydrogen-bond acceptors (Lipinski definition) is 3. The zero-order valence-electron chi connectivity index (χ0n) is 14.2. The van der Waals surface area contributed by atoms with Crippen LogP contribution in [0.1, 0.15) is 24.0 Å². The van der Waals surface area contributed by atoms with Crippen LogP contribution in [0.15, 0.2) is 18.2 Å². The van der Waals surface area contributed by atoms with Gasteiger partial charge in [-0.2, -0.15) is 13.2 Å². The molecule has 0 radical (unpaired) electrons. The van der Waals surface area contributed by atoms with E-state index in [1.807, 2.05) is 0 Å². The molecule has 0 atom stereocenters. The van der Waals surface area contributed by atoms with Crippen LogP contribution in [-0.2, 0) is 27.0 Å². The number of ether oxygens (including phenoxy) is 1. The van der Waals surface area contributed by atoms with Crippen molar-refractivity contribution in [2.75, 3.05) is 26.8 Å². The third-order valence-electron chi connectivity index (χ3n) is 4.24. The molecule has 1 aromatic rings. The third-order valence-corrected chi connectivity index (χ3v) is 4.24. The van der Waals surface area contributed by atoms with Crippen LogP contribution < -0.4 is 5.32 Å². The summed E-state index contributed by atoms with van der Waals surface area (Å²) >= 11 is 0. The molecule has 2 amide bonds. The minimum atomic E-state index is -4.65. The van der Waals surface area contributed by atoms with Gasteiger partial charge in [0.15, 0.2) is 0 Å². The van der Waals surface area contributed by atoms with Gasteiger partial charge in [0, 0.05) is 32.7 Å². The van der Waals surface area contributed by atoms with Crippen molar-refractivity contribution in [3.63, 3.8) is 0 Å². The molecule has 1 heterocycles. The zero-order chi connectivity index (χ0) is 19.3. The Balaban J connectivity index is 1.88. The highest BCUT2D eigenvalue weighted by Gasteiger charge is 2.31. The van der Waals surface area contributed by atoms with Gasteiger partial charge in [-0.05, 0) is 36.6 Å². The Bertz CT molecular complexity index is 656. The van der Waals surface area contributed by atoms with Gasteiger partial charge < -0.3 is 15.0 Å². The van der Waals surface area contributed by atoms with Gasteiger partial charge in [-0.25, -0.2) is 4.39 Å². The Labute approximate surface area is 148 Å². The molecule has 26 heavy (non-hydrogen) atoms. The van der Waals surface area contributed by atoms with Gasteiger partial charge in [-0.15, -0.1) is 0 Å². The van der Waals surface area contributed by atoms with E-state index in [1.54, 1.807) is 4.90 Å². The number of rotatable bonds is 5. The Hall–Kier alpha value is -2.16. The highest BCUT2D eigenvalue weighted by Crippen LogP contribution is 2.30. The minimum absolute atomic E-state index is 0.0159. The molecule has 2 rings (SSSR count). The van der Waals surface area contributed by atoms with E-state index < -0.39 is 17.6 Å². The number of carbonyl (C=O) groups is 2. The van der Waals surface area contributed by atoms with Crippen molar-refractivity contribution < 1.29 is 31.9 Å². The van der Waals surface area contributed by atoms with Crippen LogP contribution >= 0.6 is 0 Å². The molecule has 0 spiro atoms. The Kier molecular flexibility index (Phi) is 6.57. The lowest BCUT2D eigenvalue weighted by Crippen LogP contribution is -2.44. The zero-order valence-corrected chi connectivity index (χ0v) is 14.2. The van der Waals surface area contributed by atoms with Crippen LogP contribution in [0.5, 0.6) is 0 Å². The van der Waals surface area contributed by atoms with Crippen LogP contribution in [0, 0.1) is 11.7 Å². The predicted octanol–water partition coefficient (Wildman–Crippen LogP) is 2.35. The number of nitrogens with zero attached hydrogens (tertiary/aromatic N) is 1. The van der Waals surface area contributed by atoms with Gasteiger partial charge in [0.25, 0.3) is 0 Å². The number of halogens is 4. The molecule has 144 valence electrons. The lowest BCUT2D eigenvalue weighted by atomic mass is 9.95. The second kappa shape index (κ2) is 8.48. The maximum absolute atomic E-state index is 13.4. The number of nitrogens with one attached hydrogen (secondary N) is 1. The SMILES string of the molecule is COCC(=O)N1CCC(C(=O)NCc2cc(F)cc(C(F)(F)F)c2)CC1. The van der Waals surface area contributed by atoms with Crippen LogP contribution in [0.25, 0.3) is 0 Å². The van der Waals surface area contributed by atoms with Gasteiger partial charge in [0.1, 0.15) is 12.4 Å². The Morgan fingerprint density at radius 2 is 1.88 bits per heavy atom. The largest absolute Gasteiger partial charge is 0.416 e. The van der Waals surface area contributed by atoms with Gasteiger partial charge in [0.2, 0.25) is 11.8 Å². The summed E-state index contributed by atoms with van der Waals surface area (Å²) in [5.74, 6) is -1.81. The number of piperidine rings is 1. The fourth-order valence-electron chi connectivity index (χ4n) is 2.86. The second-order valence-corrected chi connectivity index (χ2v) is 6.15. The van der Waals surface area contributed by atoms with Crippen molar-refractivity contribution in [1.82, 2.24) is 10.2 Å². The van der Waals surface area contributed by atoms with Crippen molar-refractivity contribution in [1.29, 1.82) is 0 Å². The normalized spacial score (nSPS) is 15.8. The van der Waals surface area contributed by atoms with Crippen LogP contribution in [0.4, 0.5) is 17.6 Å². The summed E-state index contributed by atoms with van der Waals surface area (Å²) in [6.45, 7) is 0.622. The number of methoxy groups -OCH3 is 1. The van der Waals surface area contributed by atoms with E-state index in [0.717, 1.165) is 12.1 Å². The predicted molar refractivity (Wildman–Crippen MR) is 84.4 cm³/mol. The highest BCUT2D eigenvalue weighted by atomic mass is 19.4. The van der Waals surface area contributed by atoms with E-state index in [2.05, 4.69) is 5.32 Å². The summed E-state index contributed by atoms with van der Waals surface area (Å²) in [7, 11) is 1.43. The van der Waals surface area contributed by atoms with E-state index >= 15 is 0 Å². The molecule has 0 bridgehead atoms. The van der Waals surface area contributed by atoms with E-state index in [-0.39, 0.29) is 36.4 Å². The highest BCUT2D eigenvalue weighted by molar-refractivity contribution is 5.80. The smallest absolute Gasteiger partial charge is 0.375 e. The van der Waals surface area contributed by atoms with E-state index in [0.29, 0.717) is 32.0 Å². The van der Waals surface area contributed by atoms with Gasteiger partial charge in [0.05, 0.1) is 5.56 Å². The quantitative estimate of drug-likeness (QED) is 0.803. The molecule has 1 N–H and O–H groups in total. The second-order valence-electron chi connectivity index (χ2n) is 6.15. The summed E-state index contributed by atoms with van der Waals surface area (Å²) in [6, 6.07) is 2.19. The van der Waals surface area contributed by atoms with E-state index in [9.17, 15) is 27.2 Å². The minimum Gasteiger partial charge on any atom is -0.375 e. The fraction of sp³-hybridized carbons (Fsp3) is 0.529. The van der Waals surface area contributed by atoms with Gasteiger partial charge >= 0.3 is 6.18 Å². The van der Waals surface area contributed by atoms with Crippen molar-refractivity contribution in [2.45, 2.75) is 25.6 Å². The summed E-state index contributed by atoms with van der Waals surface area (Å²) in [6.07, 6.45) is -3.74. The van der Waals surface area contributed by atoms with Crippen molar-refractivity contribution in [3.05, 3.63) is 35.1 Å². The molecular formula is C17H20F4N2O3. The molecule has 1 fully saturated rings. The topological polar surface area (TPSA) is 58.6 Å². The third kappa shape index (κ3) is 5.42. The van der Waals surface area contributed by atoms with Crippen molar-refractivity contribution >= 4 is 11.8 Å². The monoisotopic (exact) mass is 376 g/mol. The molecule has 0 saturated carbocycles. The molecule has 1 aliphatic heterocycles. The summed E-state index contributed by atoms with van der Waals surface area (Å²) < 4.78 is 56.2. The lowest BCUT2D eigenvalue weighted by molar-refractivity contribution is -0.139. The molecule has 1 saturated heterocycles. The van der Waals surface area contributed by atoms with Crippen LogP contribution in [0.3, 0.4) is 0 Å². The van der Waals surface area contributed by atoms with Gasteiger partial charge in [-0.3, -0.25) is 9.59 Å².